The molecule has 5 heteroatoms. The summed E-state index contributed by atoms with van der Waals surface area (Å²) in [4.78, 5) is 25.0. The zero-order valence-electron chi connectivity index (χ0n) is 14.9. The highest BCUT2D eigenvalue weighted by Gasteiger charge is 2.20. The number of carboxylic acids is 1. The van der Waals surface area contributed by atoms with Gasteiger partial charge in [-0.2, -0.15) is 0 Å². The van der Waals surface area contributed by atoms with Crippen LogP contribution in [0.5, 0.6) is 0 Å². The molecule has 1 aliphatic rings. The maximum absolute atomic E-state index is 12.5. The quantitative estimate of drug-likeness (QED) is 0.723. The molecule has 0 radical (unpaired) electrons. The molecule has 0 bridgehead atoms. The van der Waals surface area contributed by atoms with Crippen molar-refractivity contribution in [2.24, 2.45) is 0 Å². The van der Waals surface area contributed by atoms with Crippen molar-refractivity contribution >= 4 is 23.1 Å². The predicted molar refractivity (Wildman–Crippen MR) is 100.0 cm³/mol. The number of Topliss-reactive ketones (excluding diaryl/α,β-unsaturated/α-hetero) is 1. The lowest BCUT2D eigenvalue weighted by Crippen LogP contribution is -2.92. The highest BCUT2D eigenvalue weighted by Crippen LogP contribution is 2.32. The van der Waals surface area contributed by atoms with Crippen LogP contribution in [0.25, 0.3) is 0 Å². The average Bonchev–Trinajstić information content (AvgIpc) is 3.19. The molecule has 3 rings (SSSR count). The summed E-state index contributed by atoms with van der Waals surface area (Å²) < 4.78 is 0. The van der Waals surface area contributed by atoms with Crippen molar-refractivity contribution in [1.82, 2.24) is 0 Å². The number of thiophene rings is 1. The Morgan fingerprint density at radius 2 is 1.85 bits per heavy atom. The summed E-state index contributed by atoms with van der Waals surface area (Å²) in [6, 6.07) is 10.8. The van der Waals surface area contributed by atoms with Crippen molar-refractivity contribution in [2.75, 3.05) is 0 Å². The third-order valence-corrected chi connectivity index (χ3v) is 6.10. The zero-order valence-corrected chi connectivity index (χ0v) is 15.7. The van der Waals surface area contributed by atoms with Crippen molar-refractivity contribution in [2.45, 2.75) is 57.0 Å². The molecule has 1 heterocycles. The predicted octanol–water partition coefficient (Wildman–Crippen LogP) is 2.25. The Bertz CT molecular complexity index is 718. The first kappa shape index (κ1) is 18.8. The molecule has 1 saturated carbocycles. The van der Waals surface area contributed by atoms with Gasteiger partial charge in [0.15, 0.2) is 5.78 Å². The Balaban J connectivity index is 1.58. The van der Waals surface area contributed by atoms with Crippen LogP contribution in [0.1, 0.15) is 65.2 Å². The topological polar surface area (TPSA) is 73.8 Å². The van der Waals surface area contributed by atoms with Crippen molar-refractivity contribution < 1.29 is 20.0 Å². The molecule has 1 aromatic heterocycles. The minimum atomic E-state index is -1.19. The van der Waals surface area contributed by atoms with Crippen LogP contribution in [0.4, 0.5) is 0 Å². The first-order chi connectivity index (χ1) is 12.6. The Morgan fingerprint density at radius 3 is 2.46 bits per heavy atom. The number of aliphatic carboxylic acids is 1. The monoisotopic (exact) mass is 371 g/mol. The number of quaternary nitrogens is 1. The minimum absolute atomic E-state index is 0.0452. The summed E-state index contributed by atoms with van der Waals surface area (Å²) in [6.07, 6.45) is 6.27. The molecule has 0 amide bonds. The summed E-state index contributed by atoms with van der Waals surface area (Å²) in [5, 5.41) is 15.0. The Morgan fingerprint density at radius 1 is 1.12 bits per heavy atom. The second-order valence-electron chi connectivity index (χ2n) is 7.03. The molecule has 2 N–H and O–H groups in total. The van der Waals surface area contributed by atoms with Gasteiger partial charge in [-0.3, -0.25) is 4.79 Å². The second-order valence-corrected chi connectivity index (χ2v) is 8.06. The van der Waals surface area contributed by atoms with Gasteiger partial charge in [0.05, 0.1) is 17.3 Å². The zero-order chi connectivity index (χ0) is 18.4. The number of hydrogen-bond donors (Lipinski definition) is 1. The molecule has 4 nitrogen and oxygen atoms in total. The van der Waals surface area contributed by atoms with Crippen LogP contribution in [0.15, 0.2) is 41.8 Å². The number of hydrogen-bond acceptors (Lipinski definition) is 4. The van der Waals surface area contributed by atoms with Gasteiger partial charge in [0.2, 0.25) is 0 Å². The van der Waals surface area contributed by atoms with E-state index in [1.807, 2.05) is 41.8 Å². The number of carbonyl (C=O) groups is 2. The first-order valence-corrected chi connectivity index (χ1v) is 10.2. The summed E-state index contributed by atoms with van der Waals surface area (Å²) in [5.74, 6) is -0.728. The number of ketones is 1. The summed E-state index contributed by atoms with van der Waals surface area (Å²) in [6.45, 7) is 0.546. The fraction of sp³-hybridized carbons (Fsp3) is 0.429. The van der Waals surface area contributed by atoms with E-state index < -0.39 is 12.0 Å². The van der Waals surface area contributed by atoms with Crippen molar-refractivity contribution in [3.63, 3.8) is 0 Å². The van der Waals surface area contributed by atoms with E-state index in [9.17, 15) is 14.7 Å². The standard InChI is InChI=1S/C21H25NO3S/c23-20(13-19(21(24)25)22-14-18-7-4-12-26-18)17-10-8-16(9-11-17)15-5-2-1-3-6-15/h4,7-12,15,19,22H,1-3,5-6,13-14H2,(H,24,25)/t19-/m0/s1. The van der Waals surface area contributed by atoms with E-state index in [0.717, 1.165) is 4.88 Å². The summed E-state index contributed by atoms with van der Waals surface area (Å²) >= 11 is 1.58. The fourth-order valence-electron chi connectivity index (χ4n) is 3.64. The maximum atomic E-state index is 12.5. The van der Waals surface area contributed by atoms with Gasteiger partial charge in [-0.1, -0.05) is 49.6 Å². The highest BCUT2D eigenvalue weighted by molar-refractivity contribution is 7.09. The lowest BCUT2D eigenvalue weighted by Gasteiger charge is -2.22. The van der Waals surface area contributed by atoms with Crippen LogP contribution in [-0.4, -0.2) is 17.8 Å². The number of carbonyl (C=O) groups excluding carboxylic acids is 2. The normalized spacial score (nSPS) is 16.3. The van der Waals surface area contributed by atoms with Gasteiger partial charge in [0.25, 0.3) is 0 Å². The Kier molecular flexibility index (Phi) is 6.58. The number of benzene rings is 1. The molecule has 1 atom stereocenters. The van der Waals surface area contributed by atoms with Gasteiger partial charge in [-0.15, -0.1) is 11.3 Å². The van der Waals surface area contributed by atoms with Crippen LogP contribution in [-0.2, 0) is 11.3 Å². The maximum Gasteiger partial charge on any atom is 0.169 e. The van der Waals surface area contributed by atoms with Gasteiger partial charge in [0.1, 0.15) is 12.6 Å². The van der Waals surface area contributed by atoms with Crippen LogP contribution in [0.2, 0.25) is 0 Å². The molecule has 26 heavy (non-hydrogen) atoms. The van der Waals surface area contributed by atoms with Gasteiger partial charge in [0, 0.05) is 5.56 Å². The van der Waals surface area contributed by atoms with Crippen LogP contribution >= 0.6 is 11.3 Å². The third kappa shape index (κ3) is 5.02. The Hall–Kier alpha value is -1.98. The van der Waals surface area contributed by atoms with E-state index in [4.69, 9.17) is 0 Å². The van der Waals surface area contributed by atoms with Gasteiger partial charge in [-0.05, 0) is 35.8 Å². The van der Waals surface area contributed by atoms with E-state index in [-0.39, 0.29) is 12.2 Å². The van der Waals surface area contributed by atoms with Crippen molar-refractivity contribution in [3.05, 3.63) is 57.8 Å². The summed E-state index contributed by atoms with van der Waals surface area (Å²) in [7, 11) is 0. The number of carboxylic acid groups (broad SMARTS) is 1. The van der Waals surface area contributed by atoms with E-state index in [1.54, 1.807) is 16.7 Å². The minimum Gasteiger partial charge on any atom is -0.544 e. The first-order valence-electron chi connectivity index (χ1n) is 9.33. The molecule has 138 valence electrons. The van der Waals surface area contributed by atoms with Crippen LogP contribution in [0, 0.1) is 0 Å². The second kappa shape index (κ2) is 9.10. The van der Waals surface area contributed by atoms with Gasteiger partial charge < -0.3 is 15.2 Å². The van der Waals surface area contributed by atoms with Crippen molar-refractivity contribution in [1.29, 1.82) is 0 Å². The molecular formula is C21H25NO3S. The molecule has 0 spiro atoms. The lowest BCUT2D eigenvalue weighted by atomic mass is 9.84. The molecule has 1 aliphatic carbocycles. The molecular weight excluding hydrogens is 346 g/mol. The number of nitrogens with two attached hydrogens (primary N) is 1. The van der Waals surface area contributed by atoms with E-state index >= 15 is 0 Å². The molecule has 1 aromatic carbocycles. The van der Waals surface area contributed by atoms with Crippen LogP contribution < -0.4 is 10.4 Å². The lowest BCUT2D eigenvalue weighted by molar-refractivity contribution is -0.696. The average molecular weight is 372 g/mol. The fourth-order valence-corrected chi connectivity index (χ4v) is 4.33. The SMILES string of the molecule is O=C(C[C@H]([NH2+]Cc1cccs1)C(=O)[O-])c1ccc(C2CCCCC2)cc1. The molecule has 1 fully saturated rings. The van der Waals surface area contributed by atoms with Crippen molar-refractivity contribution in [3.8, 4) is 0 Å². The molecule has 2 aromatic rings. The smallest absolute Gasteiger partial charge is 0.169 e. The third-order valence-electron chi connectivity index (χ3n) is 5.20. The number of rotatable bonds is 8. The molecule has 0 saturated heterocycles. The highest BCUT2D eigenvalue weighted by atomic mass is 32.1. The van der Waals surface area contributed by atoms with Gasteiger partial charge in [-0.25, -0.2) is 0 Å². The van der Waals surface area contributed by atoms with Crippen LogP contribution in [0.3, 0.4) is 0 Å². The molecule has 0 aliphatic heterocycles. The summed E-state index contributed by atoms with van der Waals surface area (Å²) in [5.41, 5.74) is 1.88. The molecule has 0 unspecified atom stereocenters. The Labute approximate surface area is 158 Å². The van der Waals surface area contributed by atoms with E-state index in [0.29, 0.717) is 18.0 Å². The van der Waals surface area contributed by atoms with E-state index in [1.165, 1.54) is 37.7 Å². The largest absolute Gasteiger partial charge is 0.544 e. The van der Waals surface area contributed by atoms with Gasteiger partial charge >= 0.3 is 0 Å². The van der Waals surface area contributed by atoms with E-state index in [2.05, 4.69) is 0 Å².